The molecule has 118 valence electrons. The van der Waals surface area contributed by atoms with Crippen LogP contribution in [0, 0.1) is 0 Å². The van der Waals surface area contributed by atoms with E-state index in [1.807, 2.05) is 37.3 Å². The van der Waals surface area contributed by atoms with Gasteiger partial charge in [-0.15, -0.1) is 0 Å². The summed E-state index contributed by atoms with van der Waals surface area (Å²) in [6, 6.07) is 9.30. The van der Waals surface area contributed by atoms with Crippen molar-refractivity contribution in [3.8, 4) is 0 Å². The fourth-order valence-corrected chi connectivity index (χ4v) is 4.19. The van der Waals surface area contributed by atoms with Crippen molar-refractivity contribution in [1.29, 1.82) is 0 Å². The highest BCUT2D eigenvalue weighted by molar-refractivity contribution is 7.89. The number of aliphatic carboxylic acids is 1. The molecule has 1 aromatic carbocycles. The van der Waals surface area contributed by atoms with Gasteiger partial charge in [0.05, 0.1) is 5.75 Å². The van der Waals surface area contributed by atoms with E-state index < -0.39 is 21.5 Å². The van der Waals surface area contributed by atoms with Gasteiger partial charge in [-0.2, -0.15) is 4.72 Å². The largest absolute Gasteiger partial charge is 0.480 e. The number of hydrogen-bond donors (Lipinski definition) is 2. The molecule has 1 rings (SSSR count). The van der Waals surface area contributed by atoms with Gasteiger partial charge in [-0.25, -0.2) is 8.42 Å². The van der Waals surface area contributed by atoms with Crippen molar-refractivity contribution < 1.29 is 18.3 Å². The Balaban J connectivity index is 2.89. The summed E-state index contributed by atoms with van der Waals surface area (Å²) < 4.78 is 26.9. The highest BCUT2D eigenvalue weighted by Gasteiger charge is 2.39. The highest BCUT2D eigenvalue weighted by Crippen LogP contribution is 2.21. The molecule has 0 saturated heterocycles. The van der Waals surface area contributed by atoms with Gasteiger partial charge in [-0.3, -0.25) is 4.79 Å². The fraction of sp³-hybridized carbons (Fsp3) is 0.533. The van der Waals surface area contributed by atoms with Gasteiger partial charge in [0.25, 0.3) is 0 Å². The molecule has 1 atom stereocenters. The van der Waals surface area contributed by atoms with Gasteiger partial charge in [-0.05, 0) is 24.3 Å². The second-order valence-electron chi connectivity index (χ2n) is 5.29. The van der Waals surface area contributed by atoms with Gasteiger partial charge >= 0.3 is 5.97 Å². The van der Waals surface area contributed by atoms with E-state index in [4.69, 9.17) is 0 Å². The van der Waals surface area contributed by atoms with Crippen LogP contribution in [0.25, 0.3) is 0 Å². The minimum atomic E-state index is -3.69. The lowest BCUT2D eigenvalue weighted by Gasteiger charge is -2.28. The number of rotatable bonds is 8. The van der Waals surface area contributed by atoms with E-state index in [0.29, 0.717) is 0 Å². The summed E-state index contributed by atoms with van der Waals surface area (Å²) in [5.41, 5.74) is -0.508. The Bertz CT molecular complexity index is 565. The third-order valence-corrected chi connectivity index (χ3v) is 5.45. The predicted molar refractivity (Wildman–Crippen MR) is 82.7 cm³/mol. The van der Waals surface area contributed by atoms with Crippen LogP contribution in [0.4, 0.5) is 0 Å². The third-order valence-electron chi connectivity index (χ3n) is 3.81. The van der Waals surface area contributed by atoms with Crippen LogP contribution in [0.3, 0.4) is 0 Å². The molecule has 1 unspecified atom stereocenters. The Morgan fingerprint density at radius 2 is 1.76 bits per heavy atom. The van der Waals surface area contributed by atoms with Crippen molar-refractivity contribution in [1.82, 2.24) is 4.72 Å². The first-order chi connectivity index (χ1) is 9.76. The molecule has 0 amide bonds. The Morgan fingerprint density at radius 1 is 1.24 bits per heavy atom. The van der Waals surface area contributed by atoms with Crippen LogP contribution in [0.15, 0.2) is 30.3 Å². The van der Waals surface area contributed by atoms with Crippen molar-refractivity contribution in [2.45, 2.75) is 45.1 Å². The van der Waals surface area contributed by atoms with E-state index in [2.05, 4.69) is 4.72 Å². The van der Waals surface area contributed by atoms with Crippen LogP contribution in [0.2, 0.25) is 0 Å². The van der Waals surface area contributed by atoms with Crippen LogP contribution in [0.5, 0.6) is 0 Å². The molecule has 21 heavy (non-hydrogen) atoms. The first kappa shape index (κ1) is 17.7. The first-order valence-corrected chi connectivity index (χ1v) is 8.71. The van der Waals surface area contributed by atoms with Gasteiger partial charge in [-0.1, -0.05) is 51.1 Å². The maximum absolute atomic E-state index is 12.3. The van der Waals surface area contributed by atoms with Crippen molar-refractivity contribution in [2.75, 3.05) is 5.75 Å². The van der Waals surface area contributed by atoms with Crippen LogP contribution < -0.4 is 4.72 Å². The zero-order valence-electron chi connectivity index (χ0n) is 12.7. The fourth-order valence-electron chi connectivity index (χ4n) is 2.29. The number of carbonyl (C=O) groups is 1. The van der Waals surface area contributed by atoms with Crippen molar-refractivity contribution in [3.63, 3.8) is 0 Å². The minimum Gasteiger partial charge on any atom is -0.480 e. The third kappa shape index (κ3) is 4.54. The zero-order valence-corrected chi connectivity index (χ0v) is 13.5. The quantitative estimate of drug-likeness (QED) is 0.771. The molecule has 5 nitrogen and oxygen atoms in total. The Kier molecular flexibility index (Phi) is 5.92. The van der Waals surface area contributed by atoms with E-state index in [1.54, 1.807) is 13.8 Å². The van der Waals surface area contributed by atoms with Crippen molar-refractivity contribution in [2.24, 2.45) is 0 Å². The minimum absolute atomic E-state index is 0.133. The number of carboxylic acid groups (broad SMARTS) is 1. The van der Waals surface area contributed by atoms with E-state index in [9.17, 15) is 18.3 Å². The SMILES string of the molecule is CCC(CC)(NS(=O)(=O)CC(C)c1ccccc1)C(=O)O. The topological polar surface area (TPSA) is 83.5 Å². The number of hydrogen-bond acceptors (Lipinski definition) is 3. The normalized spacial score (nSPS) is 13.9. The summed E-state index contributed by atoms with van der Waals surface area (Å²) in [5, 5.41) is 9.31. The van der Waals surface area contributed by atoms with Crippen LogP contribution in [0.1, 0.15) is 45.1 Å². The first-order valence-electron chi connectivity index (χ1n) is 7.06. The molecule has 1 aromatic rings. The predicted octanol–water partition coefficient (Wildman–Crippen LogP) is 2.35. The summed E-state index contributed by atoms with van der Waals surface area (Å²) >= 11 is 0. The van der Waals surface area contributed by atoms with Crippen molar-refractivity contribution >= 4 is 16.0 Å². The number of carboxylic acids is 1. The lowest BCUT2D eigenvalue weighted by atomic mass is 9.95. The molecule has 2 N–H and O–H groups in total. The average molecular weight is 313 g/mol. The number of sulfonamides is 1. The molecule has 0 radical (unpaired) electrons. The van der Waals surface area contributed by atoms with Gasteiger partial charge in [0.15, 0.2) is 0 Å². The maximum atomic E-state index is 12.3. The number of benzene rings is 1. The summed E-state index contributed by atoms with van der Waals surface area (Å²) in [5.74, 6) is -1.47. The molecular formula is C15H23NO4S. The molecular weight excluding hydrogens is 290 g/mol. The maximum Gasteiger partial charge on any atom is 0.324 e. The van der Waals surface area contributed by atoms with E-state index in [1.165, 1.54) is 0 Å². The van der Waals surface area contributed by atoms with Gasteiger partial charge in [0, 0.05) is 0 Å². The lowest BCUT2D eigenvalue weighted by Crippen LogP contribution is -2.54. The van der Waals surface area contributed by atoms with Crippen LogP contribution in [-0.2, 0) is 14.8 Å². The second kappa shape index (κ2) is 7.04. The standard InChI is InChI=1S/C15H23NO4S/c1-4-15(5-2,14(17)18)16-21(19,20)11-12(3)13-9-7-6-8-10-13/h6-10,12,16H,4-5,11H2,1-3H3,(H,17,18). The summed E-state index contributed by atoms with van der Waals surface area (Å²) in [6.45, 7) is 5.15. The highest BCUT2D eigenvalue weighted by atomic mass is 32.2. The van der Waals surface area contributed by atoms with Crippen LogP contribution in [-0.4, -0.2) is 30.8 Å². The Morgan fingerprint density at radius 3 is 2.19 bits per heavy atom. The van der Waals surface area contributed by atoms with Crippen LogP contribution >= 0.6 is 0 Å². The Hall–Kier alpha value is -1.40. The van der Waals surface area contributed by atoms with Gasteiger partial charge < -0.3 is 5.11 Å². The lowest BCUT2D eigenvalue weighted by molar-refractivity contribution is -0.144. The molecule has 6 heteroatoms. The summed E-state index contributed by atoms with van der Waals surface area (Å²) in [6.07, 6.45) is 0.412. The second-order valence-corrected chi connectivity index (χ2v) is 7.06. The number of nitrogens with one attached hydrogen (secondary N) is 1. The van der Waals surface area contributed by atoms with Crippen molar-refractivity contribution in [3.05, 3.63) is 35.9 Å². The molecule has 0 aromatic heterocycles. The zero-order chi connectivity index (χ0) is 16.1. The van der Waals surface area contributed by atoms with E-state index >= 15 is 0 Å². The van der Waals surface area contributed by atoms with Gasteiger partial charge in [0.1, 0.15) is 5.54 Å². The molecule has 0 aliphatic carbocycles. The summed E-state index contributed by atoms with van der Waals surface area (Å²) in [4.78, 5) is 11.4. The molecule has 0 saturated carbocycles. The molecule has 0 heterocycles. The van der Waals surface area contributed by atoms with Gasteiger partial charge in [0.2, 0.25) is 10.0 Å². The molecule has 0 bridgehead atoms. The average Bonchev–Trinajstić information content (AvgIpc) is 2.45. The van der Waals surface area contributed by atoms with E-state index in [-0.39, 0.29) is 24.5 Å². The summed E-state index contributed by atoms with van der Waals surface area (Å²) in [7, 11) is -3.69. The Labute approximate surface area is 126 Å². The monoisotopic (exact) mass is 313 g/mol. The molecule has 0 aliphatic heterocycles. The molecule has 0 aliphatic rings. The van der Waals surface area contributed by atoms with E-state index in [0.717, 1.165) is 5.56 Å². The smallest absolute Gasteiger partial charge is 0.324 e. The molecule has 0 fully saturated rings. The molecule has 0 spiro atoms.